The van der Waals surface area contributed by atoms with Crippen LogP contribution < -0.4 is 9.47 Å². The van der Waals surface area contributed by atoms with Crippen molar-refractivity contribution in [3.05, 3.63) is 65.2 Å². The predicted octanol–water partition coefficient (Wildman–Crippen LogP) is 2.69. The van der Waals surface area contributed by atoms with E-state index < -0.39 is 17.7 Å². The van der Waals surface area contributed by atoms with Gasteiger partial charge in [-0.3, -0.25) is 9.59 Å². The summed E-state index contributed by atoms with van der Waals surface area (Å²) in [4.78, 5) is 29.3. The second-order valence-corrected chi connectivity index (χ2v) is 7.30. The summed E-state index contributed by atoms with van der Waals surface area (Å²) in [6, 6.07) is 13.2. The lowest BCUT2D eigenvalue weighted by atomic mass is 9.95. The zero-order valence-corrected chi connectivity index (χ0v) is 17.6. The van der Waals surface area contributed by atoms with Gasteiger partial charge in [0.25, 0.3) is 11.7 Å². The van der Waals surface area contributed by atoms with Gasteiger partial charge in [0.1, 0.15) is 17.3 Å². The van der Waals surface area contributed by atoms with Gasteiger partial charge in [-0.2, -0.15) is 0 Å². The van der Waals surface area contributed by atoms with Gasteiger partial charge in [0.05, 0.1) is 25.8 Å². The van der Waals surface area contributed by atoms with Crippen molar-refractivity contribution in [2.75, 3.05) is 41.4 Å². The first kappa shape index (κ1) is 21.4. The molecule has 0 saturated carbocycles. The highest BCUT2D eigenvalue weighted by Crippen LogP contribution is 2.40. The maximum Gasteiger partial charge on any atom is 0.295 e. The third-order valence-electron chi connectivity index (χ3n) is 5.10. The zero-order chi connectivity index (χ0) is 21.8. The topological polar surface area (TPSA) is 79.3 Å². The van der Waals surface area contributed by atoms with Crippen molar-refractivity contribution in [2.24, 2.45) is 0 Å². The summed E-state index contributed by atoms with van der Waals surface area (Å²) in [5, 5.41) is 11.0. The Morgan fingerprint density at radius 3 is 2.30 bits per heavy atom. The van der Waals surface area contributed by atoms with Crippen LogP contribution >= 0.6 is 0 Å². The fourth-order valence-electron chi connectivity index (χ4n) is 3.48. The van der Waals surface area contributed by atoms with Crippen LogP contribution in [-0.2, 0) is 9.59 Å². The van der Waals surface area contributed by atoms with Crippen LogP contribution in [0.25, 0.3) is 5.76 Å². The largest absolute Gasteiger partial charge is 0.507 e. The van der Waals surface area contributed by atoms with Gasteiger partial charge in [0, 0.05) is 18.7 Å². The predicted molar refractivity (Wildman–Crippen MR) is 114 cm³/mol. The lowest BCUT2D eigenvalue weighted by Gasteiger charge is -2.26. The van der Waals surface area contributed by atoms with E-state index in [1.807, 2.05) is 19.0 Å². The van der Waals surface area contributed by atoms with Crippen molar-refractivity contribution in [1.82, 2.24) is 9.80 Å². The van der Waals surface area contributed by atoms with Crippen LogP contribution in [0.2, 0.25) is 0 Å². The lowest BCUT2D eigenvalue weighted by Crippen LogP contribution is -2.35. The Kier molecular flexibility index (Phi) is 6.42. The van der Waals surface area contributed by atoms with Crippen LogP contribution in [0.15, 0.2) is 54.1 Å². The highest BCUT2D eigenvalue weighted by Gasteiger charge is 2.45. The molecule has 1 aliphatic heterocycles. The van der Waals surface area contributed by atoms with Crippen molar-refractivity contribution in [3.63, 3.8) is 0 Å². The van der Waals surface area contributed by atoms with E-state index in [1.54, 1.807) is 55.6 Å². The number of carbonyl (C=O) groups excluding carboxylic acids is 2. The Hall–Kier alpha value is -3.32. The SMILES string of the molecule is COc1ccc(C2C(=C(O)c3cccc(OC)c3)C(=O)C(=O)N2CCN(C)C)cc1. The standard InChI is InChI=1S/C23H26N2O5/c1-24(2)12-13-25-20(15-8-10-17(29-3)11-9-15)19(22(27)23(25)28)21(26)16-6-5-7-18(14-16)30-4/h5-11,14,20,26H,12-13H2,1-4H3. The maximum absolute atomic E-state index is 13.0. The Morgan fingerprint density at radius 1 is 1.03 bits per heavy atom. The smallest absolute Gasteiger partial charge is 0.295 e. The average molecular weight is 410 g/mol. The molecule has 0 spiro atoms. The van der Waals surface area contributed by atoms with Crippen LogP contribution in [0.4, 0.5) is 0 Å². The minimum Gasteiger partial charge on any atom is -0.507 e. The van der Waals surface area contributed by atoms with Gasteiger partial charge in [-0.05, 0) is 43.9 Å². The van der Waals surface area contributed by atoms with Crippen LogP contribution in [0, 0.1) is 0 Å². The summed E-state index contributed by atoms with van der Waals surface area (Å²) in [7, 11) is 6.89. The number of likely N-dealkylation sites (tertiary alicyclic amines) is 1. The van der Waals surface area contributed by atoms with Gasteiger partial charge in [-0.15, -0.1) is 0 Å². The van der Waals surface area contributed by atoms with Crippen molar-refractivity contribution in [1.29, 1.82) is 0 Å². The molecule has 7 nitrogen and oxygen atoms in total. The number of amides is 1. The van der Waals surface area contributed by atoms with Crippen molar-refractivity contribution < 1.29 is 24.2 Å². The number of aliphatic hydroxyl groups is 1. The number of likely N-dealkylation sites (N-methyl/N-ethyl adjacent to an activating group) is 1. The molecule has 0 aromatic heterocycles. The third kappa shape index (κ3) is 4.16. The summed E-state index contributed by atoms with van der Waals surface area (Å²) in [6.45, 7) is 0.933. The number of carbonyl (C=O) groups is 2. The van der Waals surface area contributed by atoms with E-state index in [9.17, 15) is 14.7 Å². The van der Waals surface area contributed by atoms with E-state index in [4.69, 9.17) is 9.47 Å². The molecule has 1 fully saturated rings. The quantitative estimate of drug-likeness (QED) is 0.430. The molecule has 1 N–H and O–H groups in total. The number of nitrogens with zero attached hydrogens (tertiary/aromatic N) is 2. The second kappa shape index (κ2) is 9.00. The third-order valence-corrected chi connectivity index (χ3v) is 5.10. The number of rotatable bonds is 7. The Labute approximate surface area is 176 Å². The average Bonchev–Trinajstić information content (AvgIpc) is 3.02. The van der Waals surface area contributed by atoms with Crippen LogP contribution in [0.1, 0.15) is 17.2 Å². The number of hydrogen-bond acceptors (Lipinski definition) is 6. The summed E-state index contributed by atoms with van der Waals surface area (Å²) < 4.78 is 10.4. The Bertz CT molecular complexity index is 966. The molecule has 1 amide bonds. The molecule has 1 saturated heterocycles. The number of hydrogen-bond donors (Lipinski definition) is 1. The number of Topliss-reactive ketones (excluding diaryl/α,β-unsaturated/α-hetero) is 1. The van der Waals surface area contributed by atoms with E-state index in [0.717, 1.165) is 5.56 Å². The molecule has 0 bridgehead atoms. The van der Waals surface area contributed by atoms with Crippen molar-refractivity contribution >= 4 is 17.4 Å². The highest BCUT2D eigenvalue weighted by atomic mass is 16.5. The van der Waals surface area contributed by atoms with Gasteiger partial charge in [0.15, 0.2) is 0 Å². The molecule has 0 radical (unpaired) electrons. The summed E-state index contributed by atoms with van der Waals surface area (Å²) >= 11 is 0. The normalized spacial score (nSPS) is 18.2. The van der Waals surface area contributed by atoms with Crippen molar-refractivity contribution in [3.8, 4) is 11.5 Å². The molecule has 3 rings (SSSR count). The molecule has 7 heteroatoms. The molecule has 1 heterocycles. The summed E-state index contributed by atoms with van der Waals surface area (Å²) in [6.07, 6.45) is 0. The molecular formula is C23H26N2O5. The van der Waals surface area contributed by atoms with E-state index in [-0.39, 0.29) is 11.3 Å². The van der Waals surface area contributed by atoms with Crippen LogP contribution in [0.5, 0.6) is 11.5 Å². The molecular weight excluding hydrogens is 384 g/mol. The number of methoxy groups -OCH3 is 2. The summed E-state index contributed by atoms with van der Waals surface area (Å²) in [5.74, 6) is -0.337. The van der Waals surface area contributed by atoms with Crippen LogP contribution in [-0.4, -0.2) is 68.0 Å². The van der Waals surface area contributed by atoms with Crippen LogP contribution in [0.3, 0.4) is 0 Å². The first-order chi connectivity index (χ1) is 14.4. The number of benzene rings is 2. The van der Waals surface area contributed by atoms with Gasteiger partial charge >= 0.3 is 0 Å². The number of ketones is 1. The monoisotopic (exact) mass is 410 g/mol. The van der Waals surface area contributed by atoms with E-state index in [2.05, 4.69) is 0 Å². The molecule has 1 atom stereocenters. The second-order valence-electron chi connectivity index (χ2n) is 7.30. The Morgan fingerprint density at radius 2 is 1.70 bits per heavy atom. The molecule has 2 aromatic rings. The minimum absolute atomic E-state index is 0.0668. The molecule has 1 unspecified atom stereocenters. The van der Waals surface area contributed by atoms with E-state index in [0.29, 0.717) is 30.2 Å². The minimum atomic E-state index is -0.699. The van der Waals surface area contributed by atoms with Gasteiger partial charge in [0.2, 0.25) is 0 Å². The van der Waals surface area contributed by atoms with Crippen molar-refractivity contribution in [2.45, 2.75) is 6.04 Å². The first-order valence-electron chi connectivity index (χ1n) is 9.59. The Balaban J connectivity index is 2.13. The fourth-order valence-corrected chi connectivity index (χ4v) is 3.48. The molecule has 1 aliphatic rings. The van der Waals surface area contributed by atoms with E-state index in [1.165, 1.54) is 12.0 Å². The number of aliphatic hydroxyl groups excluding tert-OH is 1. The zero-order valence-electron chi connectivity index (χ0n) is 17.6. The highest BCUT2D eigenvalue weighted by molar-refractivity contribution is 6.46. The first-order valence-corrected chi connectivity index (χ1v) is 9.59. The van der Waals surface area contributed by atoms with Gasteiger partial charge < -0.3 is 24.4 Å². The van der Waals surface area contributed by atoms with E-state index >= 15 is 0 Å². The molecule has 30 heavy (non-hydrogen) atoms. The van der Waals surface area contributed by atoms with Gasteiger partial charge in [-0.25, -0.2) is 0 Å². The fraction of sp³-hybridized carbons (Fsp3) is 0.304. The molecule has 0 aliphatic carbocycles. The molecule has 2 aromatic carbocycles. The lowest BCUT2D eigenvalue weighted by molar-refractivity contribution is -0.140. The summed E-state index contributed by atoms with van der Waals surface area (Å²) in [5.41, 5.74) is 1.20. The number of ether oxygens (including phenoxy) is 2. The maximum atomic E-state index is 13.0. The van der Waals surface area contributed by atoms with Gasteiger partial charge in [-0.1, -0.05) is 24.3 Å². The molecule has 158 valence electrons.